The number of hydrogen-bond donors (Lipinski definition) is 0. The molecule has 0 bridgehead atoms. The first-order valence-electron chi connectivity index (χ1n) is 6.62. The van der Waals surface area contributed by atoms with Crippen molar-refractivity contribution < 1.29 is 18.0 Å². The number of likely N-dealkylation sites (tertiary alicyclic amines) is 1. The molecule has 1 heterocycles. The molecule has 0 unspecified atom stereocenters. The Kier molecular flexibility index (Phi) is 4.65. The highest BCUT2D eigenvalue weighted by atomic mass is 19.2. The Balaban J connectivity index is 2.01. The van der Waals surface area contributed by atoms with Gasteiger partial charge in [0, 0.05) is 20.1 Å². The highest BCUT2D eigenvalue weighted by molar-refractivity contribution is 5.94. The lowest BCUT2D eigenvalue weighted by molar-refractivity contribution is 0.0776. The number of hydrogen-bond acceptors (Lipinski definition) is 2. The molecule has 110 valence electrons. The van der Waals surface area contributed by atoms with E-state index in [4.69, 9.17) is 0 Å². The standard InChI is InChI=1S/C14H17F3N2O/c1-18(8-9-19-6-2-3-7-19)14(20)10-4-5-11(15)13(17)12(10)16/h4-5H,2-3,6-9H2,1H3. The molecule has 6 heteroatoms. The second-order valence-corrected chi connectivity index (χ2v) is 5.00. The Hall–Kier alpha value is -1.56. The van der Waals surface area contributed by atoms with Gasteiger partial charge in [-0.15, -0.1) is 0 Å². The molecule has 1 amide bonds. The largest absolute Gasteiger partial charge is 0.340 e. The normalized spacial score (nSPS) is 15.6. The van der Waals surface area contributed by atoms with Crippen molar-refractivity contribution in [2.45, 2.75) is 12.8 Å². The molecule has 0 atom stereocenters. The predicted octanol–water partition coefficient (Wildman–Crippen LogP) is 2.27. The summed E-state index contributed by atoms with van der Waals surface area (Å²) >= 11 is 0. The van der Waals surface area contributed by atoms with E-state index in [1.54, 1.807) is 0 Å². The summed E-state index contributed by atoms with van der Waals surface area (Å²) < 4.78 is 39.5. The molecule has 1 saturated heterocycles. The topological polar surface area (TPSA) is 23.6 Å². The van der Waals surface area contributed by atoms with E-state index in [0.717, 1.165) is 38.1 Å². The summed E-state index contributed by atoms with van der Waals surface area (Å²) in [6, 6.07) is 1.74. The second kappa shape index (κ2) is 6.26. The van der Waals surface area contributed by atoms with Gasteiger partial charge < -0.3 is 9.80 Å². The summed E-state index contributed by atoms with van der Waals surface area (Å²) in [5.41, 5.74) is -0.437. The van der Waals surface area contributed by atoms with Crippen LogP contribution >= 0.6 is 0 Å². The predicted molar refractivity (Wildman–Crippen MR) is 69.0 cm³/mol. The molecule has 0 aromatic heterocycles. The van der Waals surface area contributed by atoms with Gasteiger partial charge in [-0.2, -0.15) is 0 Å². The summed E-state index contributed by atoms with van der Waals surface area (Å²) in [7, 11) is 1.53. The van der Waals surface area contributed by atoms with Crippen molar-refractivity contribution in [3.63, 3.8) is 0 Å². The van der Waals surface area contributed by atoms with Gasteiger partial charge >= 0.3 is 0 Å². The molecule has 0 aliphatic carbocycles. The van der Waals surface area contributed by atoms with Crippen LogP contribution in [0.4, 0.5) is 13.2 Å². The van der Waals surface area contributed by atoms with Crippen LogP contribution in [0.25, 0.3) is 0 Å². The van der Waals surface area contributed by atoms with Crippen molar-refractivity contribution in [3.05, 3.63) is 35.1 Å². The molecule has 0 radical (unpaired) electrons. The van der Waals surface area contributed by atoms with Gasteiger partial charge in [-0.05, 0) is 38.1 Å². The zero-order chi connectivity index (χ0) is 14.7. The Morgan fingerprint density at radius 1 is 1.20 bits per heavy atom. The smallest absolute Gasteiger partial charge is 0.256 e. The van der Waals surface area contributed by atoms with E-state index >= 15 is 0 Å². The zero-order valence-corrected chi connectivity index (χ0v) is 11.3. The van der Waals surface area contributed by atoms with Crippen molar-refractivity contribution in [2.24, 2.45) is 0 Å². The molecule has 2 rings (SSSR count). The van der Waals surface area contributed by atoms with Crippen LogP contribution in [0.1, 0.15) is 23.2 Å². The highest BCUT2D eigenvalue weighted by Crippen LogP contribution is 2.16. The quantitative estimate of drug-likeness (QED) is 0.793. The molecule has 1 aliphatic heterocycles. The molecule has 0 saturated carbocycles. The number of benzene rings is 1. The molecule has 1 fully saturated rings. The first-order valence-corrected chi connectivity index (χ1v) is 6.62. The van der Waals surface area contributed by atoms with Gasteiger partial charge in [0.25, 0.3) is 5.91 Å². The minimum Gasteiger partial charge on any atom is -0.340 e. The third-order valence-corrected chi connectivity index (χ3v) is 3.56. The molecule has 1 aromatic carbocycles. The minimum absolute atomic E-state index is 0.428. The van der Waals surface area contributed by atoms with Crippen molar-refractivity contribution in [1.82, 2.24) is 9.80 Å². The maximum Gasteiger partial charge on any atom is 0.256 e. The fraction of sp³-hybridized carbons (Fsp3) is 0.500. The minimum atomic E-state index is -1.61. The Morgan fingerprint density at radius 3 is 2.50 bits per heavy atom. The van der Waals surface area contributed by atoms with E-state index in [1.165, 1.54) is 11.9 Å². The molecule has 0 spiro atoms. The van der Waals surface area contributed by atoms with E-state index in [-0.39, 0.29) is 0 Å². The van der Waals surface area contributed by atoms with E-state index in [1.807, 2.05) is 0 Å². The molecule has 3 nitrogen and oxygen atoms in total. The Labute approximate surface area is 116 Å². The van der Waals surface area contributed by atoms with Crippen LogP contribution < -0.4 is 0 Å². The Bertz CT molecular complexity index is 501. The average molecular weight is 286 g/mol. The van der Waals surface area contributed by atoms with Gasteiger partial charge in [-0.25, -0.2) is 13.2 Å². The lowest BCUT2D eigenvalue weighted by Crippen LogP contribution is -2.35. The third kappa shape index (κ3) is 3.12. The first-order chi connectivity index (χ1) is 9.50. The summed E-state index contributed by atoms with van der Waals surface area (Å²) in [6.07, 6.45) is 2.30. The summed E-state index contributed by atoms with van der Waals surface area (Å²) in [5.74, 6) is -4.97. The maximum absolute atomic E-state index is 13.5. The number of carbonyl (C=O) groups excluding carboxylic acids is 1. The van der Waals surface area contributed by atoms with Gasteiger partial charge in [0.1, 0.15) is 0 Å². The van der Waals surface area contributed by atoms with Crippen molar-refractivity contribution in [1.29, 1.82) is 0 Å². The maximum atomic E-state index is 13.5. The van der Waals surface area contributed by atoms with Crippen molar-refractivity contribution in [2.75, 3.05) is 33.2 Å². The monoisotopic (exact) mass is 286 g/mol. The van der Waals surface area contributed by atoms with Gasteiger partial charge in [0.15, 0.2) is 17.5 Å². The van der Waals surface area contributed by atoms with Crippen LogP contribution in [-0.4, -0.2) is 48.9 Å². The number of halogens is 3. The zero-order valence-electron chi connectivity index (χ0n) is 11.3. The second-order valence-electron chi connectivity index (χ2n) is 5.00. The highest BCUT2D eigenvalue weighted by Gasteiger charge is 2.22. The number of nitrogens with zero attached hydrogens (tertiary/aromatic N) is 2. The van der Waals surface area contributed by atoms with Crippen LogP contribution in [0.2, 0.25) is 0 Å². The number of likely N-dealkylation sites (N-methyl/N-ethyl adjacent to an activating group) is 1. The van der Waals surface area contributed by atoms with E-state index in [0.29, 0.717) is 13.1 Å². The lowest BCUT2D eigenvalue weighted by atomic mass is 10.1. The van der Waals surface area contributed by atoms with E-state index < -0.39 is 28.9 Å². The molecule has 0 N–H and O–H groups in total. The van der Waals surface area contributed by atoms with E-state index in [2.05, 4.69) is 4.90 Å². The van der Waals surface area contributed by atoms with Gasteiger partial charge in [0.2, 0.25) is 0 Å². The Morgan fingerprint density at radius 2 is 1.85 bits per heavy atom. The van der Waals surface area contributed by atoms with Crippen molar-refractivity contribution >= 4 is 5.91 Å². The molecular formula is C14H17F3N2O. The van der Waals surface area contributed by atoms with Gasteiger partial charge in [0.05, 0.1) is 5.56 Å². The summed E-state index contributed by atoms with van der Waals surface area (Å²) in [6.45, 7) is 3.13. The number of amides is 1. The van der Waals surface area contributed by atoms with E-state index in [9.17, 15) is 18.0 Å². The number of carbonyl (C=O) groups is 1. The molecular weight excluding hydrogens is 269 g/mol. The van der Waals surface area contributed by atoms with Crippen molar-refractivity contribution in [3.8, 4) is 0 Å². The van der Waals surface area contributed by atoms with Crippen LogP contribution in [0.15, 0.2) is 12.1 Å². The fourth-order valence-electron chi connectivity index (χ4n) is 2.30. The third-order valence-electron chi connectivity index (χ3n) is 3.56. The van der Waals surface area contributed by atoms with Crippen LogP contribution in [0.3, 0.4) is 0 Å². The molecule has 1 aliphatic rings. The van der Waals surface area contributed by atoms with Crippen LogP contribution in [0.5, 0.6) is 0 Å². The lowest BCUT2D eigenvalue weighted by Gasteiger charge is -2.21. The van der Waals surface area contributed by atoms with Gasteiger partial charge in [-0.3, -0.25) is 4.79 Å². The summed E-state index contributed by atoms with van der Waals surface area (Å²) in [5, 5.41) is 0. The van der Waals surface area contributed by atoms with Gasteiger partial charge in [-0.1, -0.05) is 0 Å². The fourth-order valence-corrected chi connectivity index (χ4v) is 2.30. The van der Waals surface area contributed by atoms with Crippen LogP contribution in [0, 0.1) is 17.5 Å². The SMILES string of the molecule is CN(CCN1CCCC1)C(=O)c1ccc(F)c(F)c1F. The molecule has 1 aromatic rings. The van der Waals surface area contributed by atoms with Crippen LogP contribution in [-0.2, 0) is 0 Å². The average Bonchev–Trinajstić information content (AvgIpc) is 2.95. The summed E-state index contributed by atoms with van der Waals surface area (Å²) in [4.78, 5) is 15.6. The first kappa shape index (κ1) is 14.8. The molecule has 20 heavy (non-hydrogen) atoms. The number of rotatable bonds is 4.